The fraction of sp³-hybridized carbons (Fsp3) is 0.118. The van der Waals surface area contributed by atoms with Gasteiger partial charge in [0.1, 0.15) is 6.33 Å². The van der Waals surface area contributed by atoms with Gasteiger partial charge in [0.25, 0.3) is 0 Å². The molecule has 3 rings (SSSR count). The first-order valence-corrected chi connectivity index (χ1v) is 9.16. The van der Waals surface area contributed by atoms with Crippen LogP contribution in [0.15, 0.2) is 48.8 Å². The fourth-order valence-corrected chi connectivity index (χ4v) is 2.79. The molecule has 0 bridgehead atoms. The summed E-state index contributed by atoms with van der Waals surface area (Å²) in [4.78, 5) is 4.20. The van der Waals surface area contributed by atoms with Crippen LogP contribution in [-0.4, -0.2) is 19.9 Å². The lowest BCUT2D eigenvalue weighted by molar-refractivity contribution is 0.687. The third-order valence-electron chi connectivity index (χ3n) is 3.46. The second kappa shape index (κ2) is 8.68. The molecule has 0 radical (unpaired) electrons. The lowest BCUT2D eigenvalue weighted by Gasteiger charge is -2.08. The van der Waals surface area contributed by atoms with Crippen LogP contribution in [0.2, 0.25) is 15.1 Å². The molecule has 1 aromatic heterocycles. The number of hydrogen-bond acceptors (Lipinski definition) is 3. The maximum Gasteiger partial charge on any atom is 0.248 e. The van der Waals surface area contributed by atoms with Crippen molar-refractivity contribution in [2.75, 3.05) is 5.32 Å². The highest BCUT2D eigenvalue weighted by atomic mass is 35.5. The molecule has 1 heterocycles. The molecule has 134 valence electrons. The van der Waals surface area contributed by atoms with E-state index >= 15 is 0 Å². The van der Waals surface area contributed by atoms with E-state index in [-0.39, 0.29) is 0 Å². The molecule has 9 heteroatoms. The van der Waals surface area contributed by atoms with Gasteiger partial charge in [-0.3, -0.25) is 5.32 Å². The molecule has 0 saturated heterocycles. The smallest absolute Gasteiger partial charge is 0.248 e. The van der Waals surface area contributed by atoms with E-state index in [4.69, 9.17) is 47.0 Å². The monoisotopic (exact) mass is 425 g/mol. The van der Waals surface area contributed by atoms with Gasteiger partial charge >= 0.3 is 0 Å². The van der Waals surface area contributed by atoms with Gasteiger partial charge in [0.2, 0.25) is 5.95 Å². The number of aromatic nitrogens is 3. The van der Waals surface area contributed by atoms with Crippen LogP contribution in [0, 0.1) is 0 Å². The van der Waals surface area contributed by atoms with Crippen LogP contribution in [0.1, 0.15) is 11.1 Å². The van der Waals surface area contributed by atoms with Crippen LogP contribution < -0.4 is 10.6 Å². The van der Waals surface area contributed by atoms with Crippen LogP contribution >= 0.6 is 47.0 Å². The molecule has 0 saturated carbocycles. The molecule has 2 N–H and O–H groups in total. The minimum Gasteiger partial charge on any atom is -0.358 e. The predicted molar refractivity (Wildman–Crippen MR) is 110 cm³/mol. The van der Waals surface area contributed by atoms with Gasteiger partial charge in [-0.2, -0.15) is 0 Å². The Hall–Kier alpha value is -1.86. The van der Waals surface area contributed by atoms with Crippen molar-refractivity contribution in [3.05, 3.63) is 75.0 Å². The first-order valence-electron chi connectivity index (χ1n) is 7.62. The van der Waals surface area contributed by atoms with Crippen LogP contribution in [0.25, 0.3) is 0 Å². The summed E-state index contributed by atoms with van der Waals surface area (Å²) in [6, 6.07) is 13.0. The third kappa shape index (κ3) is 5.32. The Morgan fingerprint density at radius 1 is 1.00 bits per heavy atom. The minimum absolute atomic E-state index is 0.415. The first-order chi connectivity index (χ1) is 12.5. The standard InChI is InChI=1S/C17H14Cl3N5S/c18-13-4-1-11(2-5-13)8-21-17(26)23-16-22-10-25(24-16)9-12-3-6-14(19)15(20)7-12/h1-7,10H,8-9H2,(H2,21,23,24,26). The van der Waals surface area contributed by atoms with E-state index in [0.29, 0.717) is 39.2 Å². The second-order valence-corrected chi connectivity index (χ2v) is 7.11. The molecule has 0 amide bonds. The van der Waals surface area contributed by atoms with Gasteiger partial charge in [0.15, 0.2) is 5.11 Å². The fourth-order valence-electron chi connectivity index (χ4n) is 2.18. The zero-order chi connectivity index (χ0) is 18.5. The number of benzene rings is 2. The largest absolute Gasteiger partial charge is 0.358 e. The SMILES string of the molecule is S=C(NCc1ccc(Cl)cc1)Nc1ncn(Cc2ccc(Cl)c(Cl)c2)n1. The normalized spacial score (nSPS) is 10.6. The van der Waals surface area contributed by atoms with Crippen LogP contribution in [0.5, 0.6) is 0 Å². The number of nitrogens with one attached hydrogen (secondary N) is 2. The minimum atomic E-state index is 0.415. The van der Waals surface area contributed by atoms with Gasteiger partial charge in [-0.15, -0.1) is 5.10 Å². The van der Waals surface area contributed by atoms with Crippen molar-refractivity contribution in [3.63, 3.8) is 0 Å². The summed E-state index contributed by atoms with van der Waals surface area (Å²) in [6.07, 6.45) is 1.62. The van der Waals surface area contributed by atoms with E-state index in [1.807, 2.05) is 30.3 Å². The van der Waals surface area contributed by atoms with Crippen molar-refractivity contribution in [1.29, 1.82) is 0 Å². The van der Waals surface area contributed by atoms with E-state index in [0.717, 1.165) is 11.1 Å². The van der Waals surface area contributed by atoms with Gasteiger partial charge < -0.3 is 5.32 Å². The summed E-state index contributed by atoms with van der Waals surface area (Å²) in [5.74, 6) is 0.415. The van der Waals surface area contributed by atoms with Gasteiger partial charge in [-0.05, 0) is 47.6 Å². The summed E-state index contributed by atoms with van der Waals surface area (Å²) in [5, 5.41) is 12.6. The number of anilines is 1. The number of hydrogen-bond donors (Lipinski definition) is 2. The topological polar surface area (TPSA) is 54.8 Å². The van der Waals surface area contributed by atoms with Crippen LogP contribution in [-0.2, 0) is 13.1 Å². The molecule has 2 aromatic carbocycles. The average molecular weight is 427 g/mol. The van der Waals surface area contributed by atoms with Crippen molar-refractivity contribution >= 4 is 58.1 Å². The highest BCUT2D eigenvalue weighted by Crippen LogP contribution is 2.22. The molecule has 0 unspecified atom stereocenters. The Balaban J connectivity index is 1.53. The molecule has 0 atom stereocenters. The number of thiocarbonyl (C=S) groups is 1. The number of halogens is 3. The summed E-state index contributed by atoms with van der Waals surface area (Å²) in [5.41, 5.74) is 2.04. The molecule has 5 nitrogen and oxygen atoms in total. The Morgan fingerprint density at radius 3 is 2.46 bits per heavy atom. The number of rotatable bonds is 5. The molecule has 0 spiro atoms. The summed E-state index contributed by atoms with van der Waals surface area (Å²) in [7, 11) is 0. The van der Waals surface area contributed by atoms with E-state index in [2.05, 4.69) is 20.7 Å². The van der Waals surface area contributed by atoms with Gasteiger partial charge in [-0.25, -0.2) is 9.67 Å². The average Bonchev–Trinajstić information content (AvgIpc) is 3.04. The zero-order valence-electron chi connectivity index (χ0n) is 13.4. The van der Waals surface area contributed by atoms with Gasteiger partial charge in [0, 0.05) is 11.6 Å². The van der Waals surface area contributed by atoms with Gasteiger partial charge in [-0.1, -0.05) is 53.0 Å². The third-order valence-corrected chi connectivity index (χ3v) is 4.69. The molecule has 0 aliphatic rings. The Labute approximate surface area is 171 Å². The van der Waals surface area contributed by atoms with Crippen molar-refractivity contribution in [2.45, 2.75) is 13.1 Å². The quantitative estimate of drug-likeness (QED) is 0.575. The van der Waals surface area contributed by atoms with Crippen LogP contribution in [0.3, 0.4) is 0 Å². The Kier molecular flexibility index (Phi) is 6.32. The van der Waals surface area contributed by atoms with Gasteiger partial charge in [0.05, 0.1) is 16.6 Å². The van der Waals surface area contributed by atoms with E-state index in [1.54, 1.807) is 23.1 Å². The predicted octanol–water partition coefficient (Wildman–Crippen LogP) is 4.77. The molecule has 0 fully saturated rings. The van der Waals surface area contributed by atoms with E-state index in [1.165, 1.54) is 0 Å². The second-order valence-electron chi connectivity index (χ2n) is 5.45. The summed E-state index contributed by atoms with van der Waals surface area (Å²) < 4.78 is 1.68. The maximum absolute atomic E-state index is 6.03. The van der Waals surface area contributed by atoms with Crippen molar-refractivity contribution in [3.8, 4) is 0 Å². The Morgan fingerprint density at radius 2 is 1.73 bits per heavy atom. The zero-order valence-corrected chi connectivity index (χ0v) is 16.5. The lowest BCUT2D eigenvalue weighted by Crippen LogP contribution is -2.28. The van der Waals surface area contributed by atoms with Crippen molar-refractivity contribution in [2.24, 2.45) is 0 Å². The van der Waals surface area contributed by atoms with E-state index in [9.17, 15) is 0 Å². The molecular weight excluding hydrogens is 413 g/mol. The van der Waals surface area contributed by atoms with Crippen LogP contribution in [0.4, 0.5) is 5.95 Å². The summed E-state index contributed by atoms with van der Waals surface area (Å²) in [6.45, 7) is 1.10. The molecule has 3 aromatic rings. The maximum atomic E-state index is 6.03. The number of nitrogens with zero attached hydrogens (tertiary/aromatic N) is 3. The van der Waals surface area contributed by atoms with Crippen molar-refractivity contribution in [1.82, 2.24) is 20.1 Å². The summed E-state index contributed by atoms with van der Waals surface area (Å²) >= 11 is 23.1. The molecule has 0 aliphatic carbocycles. The van der Waals surface area contributed by atoms with Crippen molar-refractivity contribution < 1.29 is 0 Å². The van der Waals surface area contributed by atoms with E-state index < -0.39 is 0 Å². The highest BCUT2D eigenvalue weighted by molar-refractivity contribution is 7.80. The first kappa shape index (κ1) is 18.9. The molecule has 0 aliphatic heterocycles. The molecule has 26 heavy (non-hydrogen) atoms. The molecular formula is C17H14Cl3N5S. The Bertz CT molecular complexity index is 911. The lowest BCUT2D eigenvalue weighted by atomic mass is 10.2. The highest BCUT2D eigenvalue weighted by Gasteiger charge is 2.05.